The van der Waals surface area contributed by atoms with Crippen molar-refractivity contribution in [3.05, 3.63) is 41.0 Å². The van der Waals surface area contributed by atoms with E-state index >= 15 is 0 Å². The number of carboxylic acid groups (broad SMARTS) is 1. The lowest BCUT2D eigenvalue weighted by molar-refractivity contribution is -0.132. The predicted octanol–water partition coefficient (Wildman–Crippen LogP) is 3.27. The summed E-state index contributed by atoms with van der Waals surface area (Å²) in [7, 11) is 0. The zero-order chi connectivity index (χ0) is 11.5. The first kappa shape index (κ1) is 10.9. The molecule has 0 saturated carbocycles. The number of aryl methyl sites for hydroxylation is 1. The summed E-state index contributed by atoms with van der Waals surface area (Å²) >= 11 is 0. The molecule has 0 unspecified atom stereocenters. The summed E-state index contributed by atoms with van der Waals surface area (Å²) in [5.74, 6) is -0.769. The van der Waals surface area contributed by atoms with Gasteiger partial charge in [-0.3, -0.25) is 0 Å². The van der Waals surface area contributed by atoms with Crippen molar-refractivity contribution in [2.45, 2.75) is 32.6 Å². The van der Waals surface area contributed by atoms with Gasteiger partial charge in [-0.15, -0.1) is 0 Å². The van der Waals surface area contributed by atoms with Crippen LogP contribution >= 0.6 is 0 Å². The molecule has 0 aliphatic heterocycles. The average Bonchev–Trinajstić information content (AvgIpc) is 2.30. The van der Waals surface area contributed by atoms with Gasteiger partial charge in [0.1, 0.15) is 0 Å². The third-order valence-corrected chi connectivity index (χ3v) is 3.19. The highest BCUT2D eigenvalue weighted by atomic mass is 16.4. The van der Waals surface area contributed by atoms with Crippen LogP contribution in [-0.4, -0.2) is 11.1 Å². The lowest BCUT2D eigenvalue weighted by Gasteiger charge is -2.20. The number of hydrogen-bond donors (Lipinski definition) is 1. The average molecular weight is 216 g/mol. The summed E-state index contributed by atoms with van der Waals surface area (Å²) in [4.78, 5) is 11.2. The molecule has 0 spiro atoms. The van der Waals surface area contributed by atoms with Crippen LogP contribution in [0.2, 0.25) is 0 Å². The minimum Gasteiger partial charge on any atom is -0.478 e. The Labute approximate surface area is 95.6 Å². The Hall–Kier alpha value is -1.57. The number of carbonyl (C=O) groups is 1. The number of carboxylic acids is 1. The summed E-state index contributed by atoms with van der Waals surface area (Å²) < 4.78 is 0. The maximum Gasteiger partial charge on any atom is 0.331 e. The second kappa shape index (κ2) is 4.52. The van der Waals surface area contributed by atoms with E-state index in [4.69, 9.17) is 0 Å². The smallest absolute Gasteiger partial charge is 0.331 e. The highest BCUT2D eigenvalue weighted by Crippen LogP contribution is 2.33. The standard InChI is InChI=1S/C14H16O2/c1-2-11(14(15)16)13-9-5-7-10-6-3-4-8-12(10)13/h3-4,6,8H,2,5,7,9H2,1H3,(H,15,16)/b13-11+. The normalized spacial score (nSPS) is 17.8. The van der Waals surface area contributed by atoms with Gasteiger partial charge in [0, 0.05) is 5.57 Å². The predicted molar refractivity (Wildman–Crippen MR) is 64.2 cm³/mol. The van der Waals surface area contributed by atoms with Gasteiger partial charge in [-0.1, -0.05) is 31.2 Å². The number of aliphatic carboxylic acids is 1. The molecule has 0 heterocycles. The van der Waals surface area contributed by atoms with Crippen molar-refractivity contribution in [3.8, 4) is 0 Å². The van der Waals surface area contributed by atoms with Gasteiger partial charge >= 0.3 is 5.97 Å². The SMILES string of the molecule is CC/C(C(=O)O)=C1/CCCc2ccccc21. The molecular formula is C14H16O2. The monoisotopic (exact) mass is 216 g/mol. The molecule has 0 radical (unpaired) electrons. The van der Waals surface area contributed by atoms with Crippen LogP contribution in [0.15, 0.2) is 29.8 Å². The zero-order valence-electron chi connectivity index (χ0n) is 9.49. The molecule has 1 N–H and O–H groups in total. The van der Waals surface area contributed by atoms with Crippen LogP contribution in [0.3, 0.4) is 0 Å². The molecule has 0 aromatic heterocycles. The van der Waals surface area contributed by atoms with Crippen LogP contribution in [0, 0.1) is 0 Å². The van der Waals surface area contributed by atoms with E-state index in [0.717, 1.165) is 30.4 Å². The fourth-order valence-corrected chi connectivity index (χ4v) is 2.43. The van der Waals surface area contributed by atoms with Gasteiger partial charge in [0.15, 0.2) is 0 Å². The van der Waals surface area contributed by atoms with E-state index in [1.165, 1.54) is 5.56 Å². The van der Waals surface area contributed by atoms with Gasteiger partial charge in [0.25, 0.3) is 0 Å². The molecule has 0 amide bonds. The van der Waals surface area contributed by atoms with Gasteiger partial charge in [0.05, 0.1) is 0 Å². The summed E-state index contributed by atoms with van der Waals surface area (Å²) in [6, 6.07) is 8.15. The summed E-state index contributed by atoms with van der Waals surface area (Å²) in [5.41, 5.74) is 4.05. The fraction of sp³-hybridized carbons (Fsp3) is 0.357. The summed E-state index contributed by atoms with van der Waals surface area (Å²) in [5, 5.41) is 9.19. The molecule has 2 nitrogen and oxygen atoms in total. The molecule has 84 valence electrons. The summed E-state index contributed by atoms with van der Waals surface area (Å²) in [6.07, 6.45) is 3.62. The van der Waals surface area contributed by atoms with Crippen molar-refractivity contribution < 1.29 is 9.90 Å². The zero-order valence-corrected chi connectivity index (χ0v) is 9.49. The van der Waals surface area contributed by atoms with Crippen LogP contribution in [0.1, 0.15) is 37.3 Å². The third-order valence-electron chi connectivity index (χ3n) is 3.19. The Morgan fingerprint density at radius 1 is 1.31 bits per heavy atom. The van der Waals surface area contributed by atoms with E-state index in [-0.39, 0.29) is 0 Å². The number of fused-ring (bicyclic) bond motifs is 1. The number of hydrogen-bond acceptors (Lipinski definition) is 1. The minimum absolute atomic E-state index is 0.576. The van der Waals surface area contributed by atoms with Crippen LogP contribution < -0.4 is 0 Å². The lowest BCUT2D eigenvalue weighted by atomic mass is 9.84. The second-order valence-corrected chi connectivity index (χ2v) is 4.13. The van der Waals surface area contributed by atoms with Gasteiger partial charge in [-0.25, -0.2) is 4.79 Å². The third kappa shape index (κ3) is 1.87. The molecular weight excluding hydrogens is 200 g/mol. The molecule has 1 aromatic carbocycles. The van der Waals surface area contributed by atoms with Gasteiger partial charge in [-0.05, 0) is 42.4 Å². The molecule has 2 heteroatoms. The Morgan fingerprint density at radius 3 is 2.75 bits per heavy atom. The summed E-state index contributed by atoms with van der Waals surface area (Å²) in [6.45, 7) is 1.91. The maximum absolute atomic E-state index is 11.2. The Balaban J connectivity index is 2.56. The first-order valence-corrected chi connectivity index (χ1v) is 5.77. The van der Waals surface area contributed by atoms with E-state index in [0.29, 0.717) is 12.0 Å². The van der Waals surface area contributed by atoms with E-state index in [1.54, 1.807) is 0 Å². The molecule has 0 saturated heterocycles. The number of allylic oxidation sites excluding steroid dienone is 1. The van der Waals surface area contributed by atoms with Crippen molar-refractivity contribution in [3.63, 3.8) is 0 Å². The van der Waals surface area contributed by atoms with Crippen molar-refractivity contribution in [2.24, 2.45) is 0 Å². The number of rotatable bonds is 2. The topological polar surface area (TPSA) is 37.3 Å². The first-order chi connectivity index (χ1) is 7.74. The molecule has 0 atom stereocenters. The maximum atomic E-state index is 11.2. The second-order valence-electron chi connectivity index (χ2n) is 4.13. The lowest BCUT2D eigenvalue weighted by Crippen LogP contribution is -2.09. The van der Waals surface area contributed by atoms with Gasteiger partial charge < -0.3 is 5.11 Å². The van der Waals surface area contributed by atoms with E-state index in [1.807, 2.05) is 25.1 Å². The Kier molecular flexibility index (Phi) is 3.09. The highest BCUT2D eigenvalue weighted by Gasteiger charge is 2.19. The van der Waals surface area contributed by atoms with Crippen molar-refractivity contribution in [1.82, 2.24) is 0 Å². The molecule has 2 rings (SSSR count). The van der Waals surface area contributed by atoms with Crippen molar-refractivity contribution in [2.75, 3.05) is 0 Å². The Morgan fingerprint density at radius 2 is 2.06 bits per heavy atom. The van der Waals surface area contributed by atoms with Crippen molar-refractivity contribution >= 4 is 11.5 Å². The minimum atomic E-state index is -0.769. The Bertz CT molecular complexity index is 444. The van der Waals surface area contributed by atoms with Crippen LogP contribution in [0.25, 0.3) is 5.57 Å². The molecule has 16 heavy (non-hydrogen) atoms. The van der Waals surface area contributed by atoms with Gasteiger partial charge in [-0.2, -0.15) is 0 Å². The first-order valence-electron chi connectivity index (χ1n) is 5.77. The fourth-order valence-electron chi connectivity index (χ4n) is 2.43. The molecule has 1 aliphatic rings. The largest absolute Gasteiger partial charge is 0.478 e. The van der Waals surface area contributed by atoms with E-state index < -0.39 is 5.97 Å². The number of benzene rings is 1. The molecule has 0 bridgehead atoms. The van der Waals surface area contributed by atoms with Crippen LogP contribution in [0.5, 0.6) is 0 Å². The quantitative estimate of drug-likeness (QED) is 0.770. The van der Waals surface area contributed by atoms with Crippen molar-refractivity contribution in [1.29, 1.82) is 0 Å². The van der Waals surface area contributed by atoms with Crippen LogP contribution in [0.4, 0.5) is 0 Å². The van der Waals surface area contributed by atoms with E-state index in [9.17, 15) is 9.90 Å². The highest BCUT2D eigenvalue weighted by molar-refractivity contribution is 5.97. The van der Waals surface area contributed by atoms with Gasteiger partial charge in [0.2, 0.25) is 0 Å². The van der Waals surface area contributed by atoms with E-state index in [2.05, 4.69) is 6.07 Å². The molecule has 1 aliphatic carbocycles. The molecule has 1 aromatic rings. The molecule has 0 fully saturated rings. The van der Waals surface area contributed by atoms with Crippen LogP contribution in [-0.2, 0) is 11.2 Å².